The van der Waals surface area contributed by atoms with Gasteiger partial charge in [0.05, 0.1) is 7.11 Å². The maximum Gasteiger partial charge on any atom is 0.326 e. The zero-order valence-corrected chi connectivity index (χ0v) is 12.0. The standard InChI is InChI=1S/C13H25NO2S/c1-4-10(2)17-9-7-11-6-5-8-13(11,14)12(15)16-3/h10-11H,4-9,14H2,1-3H3. The normalized spacial score (nSPS) is 30.2. The molecule has 17 heavy (non-hydrogen) atoms. The summed E-state index contributed by atoms with van der Waals surface area (Å²) in [5.41, 5.74) is 5.51. The molecule has 1 fully saturated rings. The molecule has 1 aliphatic carbocycles. The third-order valence-corrected chi connectivity index (χ3v) is 5.25. The van der Waals surface area contributed by atoms with Crippen LogP contribution < -0.4 is 5.73 Å². The van der Waals surface area contributed by atoms with Crippen LogP contribution in [0.3, 0.4) is 0 Å². The van der Waals surface area contributed by atoms with Gasteiger partial charge < -0.3 is 10.5 Å². The van der Waals surface area contributed by atoms with Crippen molar-refractivity contribution in [3.05, 3.63) is 0 Å². The molecule has 0 spiro atoms. The SMILES string of the molecule is CCC(C)SCCC1CCCC1(N)C(=O)OC. The fourth-order valence-electron chi connectivity index (χ4n) is 2.49. The maximum atomic E-state index is 11.7. The Bertz CT molecular complexity index is 260. The molecule has 1 rings (SSSR count). The summed E-state index contributed by atoms with van der Waals surface area (Å²) >= 11 is 1.98. The Balaban J connectivity index is 2.44. The van der Waals surface area contributed by atoms with E-state index in [-0.39, 0.29) is 5.97 Å². The third kappa shape index (κ3) is 3.62. The first-order valence-corrected chi connectivity index (χ1v) is 7.58. The molecule has 100 valence electrons. The zero-order chi connectivity index (χ0) is 12.9. The molecule has 0 aliphatic heterocycles. The minimum absolute atomic E-state index is 0.228. The molecule has 0 heterocycles. The topological polar surface area (TPSA) is 52.3 Å². The largest absolute Gasteiger partial charge is 0.468 e. The van der Waals surface area contributed by atoms with Gasteiger partial charge in [0.15, 0.2) is 0 Å². The summed E-state index contributed by atoms with van der Waals surface area (Å²) in [5.74, 6) is 1.16. The summed E-state index contributed by atoms with van der Waals surface area (Å²) in [6.07, 6.45) is 5.11. The van der Waals surface area contributed by atoms with E-state index in [4.69, 9.17) is 10.5 Å². The van der Waals surface area contributed by atoms with Gasteiger partial charge in [-0.25, -0.2) is 0 Å². The van der Waals surface area contributed by atoms with Gasteiger partial charge in [0, 0.05) is 5.25 Å². The monoisotopic (exact) mass is 259 g/mol. The Morgan fingerprint density at radius 2 is 2.35 bits per heavy atom. The highest BCUT2D eigenvalue weighted by Crippen LogP contribution is 2.37. The Kier molecular flexibility index (Phi) is 5.80. The predicted molar refractivity (Wildman–Crippen MR) is 73.1 cm³/mol. The van der Waals surface area contributed by atoms with Crippen LogP contribution in [0.15, 0.2) is 0 Å². The van der Waals surface area contributed by atoms with Gasteiger partial charge >= 0.3 is 5.97 Å². The average Bonchev–Trinajstić information content (AvgIpc) is 2.71. The first-order valence-electron chi connectivity index (χ1n) is 6.53. The fourth-order valence-corrected chi connectivity index (χ4v) is 3.55. The number of esters is 1. The van der Waals surface area contributed by atoms with Gasteiger partial charge in [0.25, 0.3) is 0 Å². The predicted octanol–water partition coefficient (Wildman–Crippen LogP) is 2.58. The molecule has 0 amide bonds. The van der Waals surface area contributed by atoms with Crippen LogP contribution in [0.1, 0.15) is 46.0 Å². The Morgan fingerprint density at radius 1 is 1.65 bits per heavy atom. The Morgan fingerprint density at radius 3 is 2.94 bits per heavy atom. The number of hydrogen-bond donors (Lipinski definition) is 1. The molecule has 3 nitrogen and oxygen atoms in total. The van der Waals surface area contributed by atoms with E-state index in [9.17, 15) is 4.79 Å². The minimum atomic E-state index is -0.717. The van der Waals surface area contributed by atoms with Crippen LogP contribution in [-0.2, 0) is 9.53 Å². The fraction of sp³-hybridized carbons (Fsp3) is 0.923. The highest BCUT2D eigenvalue weighted by molar-refractivity contribution is 7.99. The molecule has 3 atom stereocenters. The second kappa shape index (κ2) is 6.64. The number of ether oxygens (including phenoxy) is 1. The van der Waals surface area contributed by atoms with Crippen molar-refractivity contribution in [1.82, 2.24) is 0 Å². The van der Waals surface area contributed by atoms with Gasteiger partial charge in [-0.2, -0.15) is 11.8 Å². The molecule has 0 aromatic carbocycles. The van der Waals surface area contributed by atoms with Gasteiger partial charge in [-0.05, 0) is 37.4 Å². The van der Waals surface area contributed by atoms with E-state index in [0.717, 1.165) is 31.4 Å². The first kappa shape index (κ1) is 14.8. The van der Waals surface area contributed by atoms with Crippen molar-refractivity contribution in [3.63, 3.8) is 0 Å². The summed E-state index contributed by atoms with van der Waals surface area (Å²) in [6, 6.07) is 0. The number of carbonyl (C=O) groups is 1. The molecule has 0 aromatic rings. The number of rotatable bonds is 6. The number of hydrogen-bond acceptors (Lipinski definition) is 4. The van der Waals surface area contributed by atoms with Crippen LogP contribution in [0.2, 0.25) is 0 Å². The molecular weight excluding hydrogens is 234 g/mol. The summed E-state index contributed by atoms with van der Waals surface area (Å²) in [5, 5.41) is 0.696. The Labute approximate surface area is 109 Å². The molecule has 0 aromatic heterocycles. The maximum absolute atomic E-state index is 11.7. The van der Waals surface area contributed by atoms with Crippen LogP contribution in [0.25, 0.3) is 0 Å². The van der Waals surface area contributed by atoms with Gasteiger partial charge in [-0.3, -0.25) is 4.79 Å². The van der Waals surface area contributed by atoms with Crippen molar-refractivity contribution >= 4 is 17.7 Å². The van der Waals surface area contributed by atoms with Crippen molar-refractivity contribution in [1.29, 1.82) is 0 Å². The van der Waals surface area contributed by atoms with E-state index in [1.165, 1.54) is 13.5 Å². The Hall–Kier alpha value is -0.220. The number of thioether (sulfide) groups is 1. The van der Waals surface area contributed by atoms with E-state index in [0.29, 0.717) is 11.2 Å². The molecule has 0 saturated heterocycles. The van der Waals surface area contributed by atoms with Gasteiger partial charge in [0.1, 0.15) is 5.54 Å². The number of nitrogens with two attached hydrogens (primary N) is 1. The van der Waals surface area contributed by atoms with Crippen LogP contribution in [0.4, 0.5) is 0 Å². The van der Waals surface area contributed by atoms with Crippen molar-refractivity contribution in [2.75, 3.05) is 12.9 Å². The lowest BCUT2D eigenvalue weighted by Crippen LogP contribution is -2.51. The van der Waals surface area contributed by atoms with Crippen LogP contribution in [0, 0.1) is 5.92 Å². The molecule has 0 radical (unpaired) electrons. The van der Waals surface area contributed by atoms with Gasteiger partial charge in [-0.1, -0.05) is 20.3 Å². The average molecular weight is 259 g/mol. The number of methoxy groups -OCH3 is 1. The molecule has 4 heteroatoms. The lowest BCUT2D eigenvalue weighted by molar-refractivity contribution is -0.148. The molecule has 0 bridgehead atoms. The smallest absolute Gasteiger partial charge is 0.326 e. The highest BCUT2D eigenvalue weighted by Gasteiger charge is 2.46. The molecule has 3 unspecified atom stereocenters. The first-order chi connectivity index (χ1) is 8.04. The van der Waals surface area contributed by atoms with Crippen LogP contribution >= 0.6 is 11.8 Å². The number of carbonyl (C=O) groups excluding carboxylic acids is 1. The van der Waals surface area contributed by atoms with E-state index in [1.54, 1.807) is 0 Å². The van der Waals surface area contributed by atoms with Gasteiger partial charge in [0.2, 0.25) is 0 Å². The quantitative estimate of drug-likeness (QED) is 0.745. The second-order valence-electron chi connectivity index (χ2n) is 5.00. The minimum Gasteiger partial charge on any atom is -0.468 e. The summed E-state index contributed by atoms with van der Waals surface area (Å²) in [4.78, 5) is 11.7. The molecule has 2 N–H and O–H groups in total. The summed E-state index contributed by atoms with van der Waals surface area (Å²) < 4.78 is 4.85. The van der Waals surface area contributed by atoms with Gasteiger partial charge in [-0.15, -0.1) is 0 Å². The lowest BCUT2D eigenvalue weighted by Gasteiger charge is -2.28. The lowest BCUT2D eigenvalue weighted by atomic mass is 9.86. The van der Waals surface area contributed by atoms with Crippen molar-refractivity contribution < 1.29 is 9.53 Å². The van der Waals surface area contributed by atoms with E-state index >= 15 is 0 Å². The van der Waals surface area contributed by atoms with E-state index < -0.39 is 5.54 Å². The molecule has 1 aliphatic rings. The van der Waals surface area contributed by atoms with E-state index in [1.807, 2.05) is 11.8 Å². The van der Waals surface area contributed by atoms with Crippen LogP contribution in [-0.4, -0.2) is 29.6 Å². The third-order valence-electron chi connectivity index (χ3n) is 3.88. The zero-order valence-electron chi connectivity index (χ0n) is 11.2. The van der Waals surface area contributed by atoms with Crippen molar-refractivity contribution in [2.24, 2.45) is 11.7 Å². The van der Waals surface area contributed by atoms with Crippen LogP contribution in [0.5, 0.6) is 0 Å². The summed E-state index contributed by atoms with van der Waals surface area (Å²) in [6.45, 7) is 4.45. The highest BCUT2D eigenvalue weighted by atomic mass is 32.2. The summed E-state index contributed by atoms with van der Waals surface area (Å²) in [7, 11) is 1.43. The second-order valence-corrected chi connectivity index (χ2v) is 6.55. The molecule has 1 saturated carbocycles. The van der Waals surface area contributed by atoms with Crippen molar-refractivity contribution in [3.8, 4) is 0 Å². The molecular formula is C13H25NO2S. The van der Waals surface area contributed by atoms with Crippen molar-refractivity contribution in [2.45, 2.75) is 56.7 Å². The van der Waals surface area contributed by atoms with E-state index in [2.05, 4.69) is 13.8 Å².